The number of oxime groups is 1. The zero-order chi connectivity index (χ0) is 14.5. The molecule has 2 aromatic rings. The van der Waals surface area contributed by atoms with Crippen molar-refractivity contribution in [1.29, 1.82) is 0 Å². The SMILES string of the molecule is NC(=NO)c1ccc(OCc2ccccc2F)cc1Cl. The number of nitrogens with two attached hydrogens (primary N) is 1. The minimum atomic E-state index is -0.327. The van der Waals surface area contributed by atoms with Crippen LogP contribution in [0.25, 0.3) is 0 Å². The lowest BCUT2D eigenvalue weighted by molar-refractivity contribution is 0.300. The maximum atomic E-state index is 13.4. The molecule has 104 valence electrons. The second kappa shape index (κ2) is 6.25. The van der Waals surface area contributed by atoms with Crippen LogP contribution in [0.1, 0.15) is 11.1 Å². The largest absolute Gasteiger partial charge is 0.489 e. The molecule has 4 nitrogen and oxygen atoms in total. The third-order valence-electron chi connectivity index (χ3n) is 2.68. The van der Waals surface area contributed by atoms with Crippen LogP contribution in [0.2, 0.25) is 5.02 Å². The number of halogens is 2. The Morgan fingerprint density at radius 3 is 2.70 bits per heavy atom. The number of benzene rings is 2. The van der Waals surface area contributed by atoms with Crippen molar-refractivity contribution in [2.45, 2.75) is 6.61 Å². The van der Waals surface area contributed by atoms with E-state index in [0.29, 0.717) is 16.9 Å². The van der Waals surface area contributed by atoms with Crippen LogP contribution in [0.5, 0.6) is 5.75 Å². The summed E-state index contributed by atoms with van der Waals surface area (Å²) >= 11 is 5.99. The van der Waals surface area contributed by atoms with Crippen LogP contribution in [0.3, 0.4) is 0 Å². The molecule has 0 amide bonds. The normalized spacial score (nSPS) is 11.4. The smallest absolute Gasteiger partial charge is 0.171 e. The van der Waals surface area contributed by atoms with E-state index in [1.54, 1.807) is 30.3 Å². The molecule has 0 radical (unpaired) electrons. The Balaban J connectivity index is 2.12. The van der Waals surface area contributed by atoms with Crippen molar-refractivity contribution in [2.75, 3.05) is 0 Å². The Kier molecular flexibility index (Phi) is 4.42. The summed E-state index contributed by atoms with van der Waals surface area (Å²) in [6.45, 7) is 0.0892. The van der Waals surface area contributed by atoms with Crippen LogP contribution in [-0.4, -0.2) is 11.0 Å². The third kappa shape index (κ3) is 3.19. The molecule has 20 heavy (non-hydrogen) atoms. The van der Waals surface area contributed by atoms with E-state index in [1.165, 1.54) is 12.1 Å². The van der Waals surface area contributed by atoms with Crippen molar-refractivity contribution in [3.05, 3.63) is 64.4 Å². The molecule has 6 heteroatoms. The molecule has 2 aromatic carbocycles. The number of nitrogens with zero attached hydrogens (tertiary/aromatic N) is 1. The van der Waals surface area contributed by atoms with E-state index in [2.05, 4.69) is 5.16 Å². The number of amidine groups is 1. The van der Waals surface area contributed by atoms with Crippen molar-refractivity contribution < 1.29 is 14.3 Å². The van der Waals surface area contributed by atoms with Crippen molar-refractivity contribution in [3.8, 4) is 5.75 Å². The third-order valence-corrected chi connectivity index (χ3v) is 2.99. The summed E-state index contributed by atoms with van der Waals surface area (Å²) < 4.78 is 18.9. The molecule has 3 N–H and O–H groups in total. The zero-order valence-electron chi connectivity index (χ0n) is 10.4. The lowest BCUT2D eigenvalue weighted by Crippen LogP contribution is -2.13. The molecule has 0 heterocycles. The fourth-order valence-corrected chi connectivity index (χ4v) is 1.89. The molecule has 0 aliphatic rings. The first-order valence-corrected chi connectivity index (χ1v) is 6.13. The molecule has 0 atom stereocenters. The van der Waals surface area contributed by atoms with E-state index >= 15 is 0 Å². The van der Waals surface area contributed by atoms with Gasteiger partial charge < -0.3 is 15.7 Å². The standard InChI is InChI=1S/C14H12ClFN2O2/c15-12-7-10(5-6-11(12)14(17)18-19)20-8-9-3-1-2-4-13(9)16/h1-7,19H,8H2,(H2,17,18). The number of rotatable bonds is 4. The summed E-state index contributed by atoms with van der Waals surface area (Å²) in [7, 11) is 0. The topological polar surface area (TPSA) is 67.8 Å². The van der Waals surface area contributed by atoms with Crippen molar-refractivity contribution >= 4 is 17.4 Å². The van der Waals surface area contributed by atoms with Gasteiger partial charge in [-0.2, -0.15) is 0 Å². The van der Waals surface area contributed by atoms with Crippen LogP contribution in [0.15, 0.2) is 47.6 Å². The Morgan fingerprint density at radius 1 is 1.30 bits per heavy atom. The van der Waals surface area contributed by atoms with Gasteiger partial charge in [0, 0.05) is 11.1 Å². The summed E-state index contributed by atoms with van der Waals surface area (Å²) in [4.78, 5) is 0. The van der Waals surface area contributed by atoms with Gasteiger partial charge in [0.15, 0.2) is 5.84 Å². The van der Waals surface area contributed by atoms with Crippen LogP contribution in [-0.2, 0) is 6.61 Å². The second-order valence-corrected chi connectivity index (χ2v) is 4.41. The molecule has 0 unspecified atom stereocenters. The first kappa shape index (κ1) is 14.1. The van der Waals surface area contributed by atoms with E-state index in [9.17, 15) is 4.39 Å². The first-order valence-electron chi connectivity index (χ1n) is 5.75. The van der Waals surface area contributed by atoms with Crippen LogP contribution >= 0.6 is 11.6 Å². The van der Waals surface area contributed by atoms with E-state index in [1.807, 2.05) is 0 Å². The molecule has 0 aliphatic heterocycles. The van der Waals surface area contributed by atoms with E-state index < -0.39 is 0 Å². The highest BCUT2D eigenvalue weighted by molar-refractivity contribution is 6.34. The predicted molar refractivity (Wildman–Crippen MR) is 74.7 cm³/mol. The highest BCUT2D eigenvalue weighted by atomic mass is 35.5. The van der Waals surface area contributed by atoms with E-state index in [-0.39, 0.29) is 23.3 Å². The molecule has 0 aliphatic carbocycles. The Hall–Kier alpha value is -2.27. The lowest BCUT2D eigenvalue weighted by Gasteiger charge is -2.09. The predicted octanol–water partition coefficient (Wildman–Crippen LogP) is 3.15. The highest BCUT2D eigenvalue weighted by Gasteiger charge is 2.08. The van der Waals surface area contributed by atoms with Gasteiger partial charge in [-0.1, -0.05) is 35.0 Å². The van der Waals surface area contributed by atoms with Crippen LogP contribution in [0.4, 0.5) is 4.39 Å². The molecule has 0 aromatic heterocycles. The fourth-order valence-electron chi connectivity index (χ4n) is 1.62. The molecule has 0 bridgehead atoms. The monoisotopic (exact) mass is 294 g/mol. The molecular formula is C14H12ClFN2O2. The fraction of sp³-hybridized carbons (Fsp3) is 0.0714. The van der Waals surface area contributed by atoms with Gasteiger partial charge in [0.2, 0.25) is 0 Å². The molecule has 2 rings (SSSR count). The van der Waals surface area contributed by atoms with Gasteiger partial charge in [0.05, 0.1) is 5.02 Å². The lowest BCUT2D eigenvalue weighted by atomic mass is 10.2. The van der Waals surface area contributed by atoms with Crippen molar-refractivity contribution in [2.24, 2.45) is 10.9 Å². The maximum absolute atomic E-state index is 13.4. The first-order chi connectivity index (χ1) is 9.61. The minimum Gasteiger partial charge on any atom is -0.489 e. The second-order valence-electron chi connectivity index (χ2n) is 4.01. The molecule has 0 saturated heterocycles. The Morgan fingerprint density at radius 2 is 2.05 bits per heavy atom. The summed E-state index contributed by atoms with van der Waals surface area (Å²) in [6, 6.07) is 11.1. The van der Waals surface area contributed by atoms with Gasteiger partial charge in [-0.3, -0.25) is 0 Å². The van der Waals surface area contributed by atoms with Crippen LogP contribution in [0, 0.1) is 5.82 Å². The van der Waals surface area contributed by atoms with Gasteiger partial charge in [-0.05, 0) is 24.3 Å². The molecular weight excluding hydrogens is 283 g/mol. The quantitative estimate of drug-likeness (QED) is 0.394. The minimum absolute atomic E-state index is 0.0874. The molecule has 0 saturated carbocycles. The average Bonchev–Trinajstić information content (AvgIpc) is 2.46. The number of hydrogen-bond acceptors (Lipinski definition) is 3. The van der Waals surface area contributed by atoms with Gasteiger partial charge in [-0.15, -0.1) is 0 Å². The van der Waals surface area contributed by atoms with E-state index in [0.717, 1.165) is 0 Å². The summed E-state index contributed by atoms with van der Waals surface area (Å²) in [5.41, 5.74) is 6.30. The molecule has 0 spiro atoms. The average molecular weight is 295 g/mol. The zero-order valence-corrected chi connectivity index (χ0v) is 11.1. The van der Waals surface area contributed by atoms with Gasteiger partial charge in [0.1, 0.15) is 18.2 Å². The number of ether oxygens (including phenoxy) is 1. The van der Waals surface area contributed by atoms with Gasteiger partial charge >= 0.3 is 0 Å². The van der Waals surface area contributed by atoms with E-state index in [4.69, 9.17) is 27.3 Å². The summed E-state index contributed by atoms with van der Waals surface area (Å²) in [5.74, 6) is 0.0512. The van der Waals surface area contributed by atoms with Crippen LogP contribution < -0.4 is 10.5 Å². The maximum Gasteiger partial charge on any atom is 0.171 e. The van der Waals surface area contributed by atoms with Crippen molar-refractivity contribution in [3.63, 3.8) is 0 Å². The van der Waals surface area contributed by atoms with Crippen molar-refractivity contribution in [1.82, 2.24) is 0 Å². The van der Waals surface area contributed by atoms with Gasteiger partial charge in [0.25, 0.3) is 0 Å². The summed E-state index contributed by atoms with van der Waals surface area (Å²) in [5, 5.41) is 11.8. The summed E-state index contributed by atoms with van der Waals surface area (Å²) in [6.07, 6.45) is 0. The Bertz CT molecular complexity index is 647. The number of hydrogen-bond donors (Lipinski definition) is 2. The molecule has 0 fully saturated rings. The van der Waals surface area contributed by atoms with Gasteiger partial charge in [-0.25, -0.2) is 4.39 Å². The highest BCUT2D eigenvalue weighted by Crippen LogP contribution is 2.23. The Labute approximate surface area is 120 Å².